The summed E-state index contributed by atoms with van der Waals surface area (Å²) in [5.74, 6) is 2.53. The summed E-state index contributed by atoms with van der Waals surface area (Å²) in [5, 5.41) is 7.89. The van der Waals surface area contributed by atoms with Crippen LogP contribution < -0.4 is 20.3 Å². The highest BCUT2D eigenvalue weighted by atomic mass is 127. The molecule has 3 rings (SSSR count). The Hall–Kier alpha value is -2.55. The Kier molecular flexibility index (Phi) is 8.50. The lowest BCUT2D eigenvalue weighted by atomic mass is 10.1. The van der Waals surface area contributed by atoms with E-state index >= 15 is 0 Å². The van der Waals surface area contributed by atoms with Gasteiger partial charge in [-0.2, -0.15) is 0 Å². The first-order valence-corrected chi connectivity index (χ1v) is 9.24. The van der Waals surface area contributed by atoms with Crippen molar-refractivity contribution in [2.75, 3.05) is 33.2 Å². The van der Waals surface area contributed by atoms with E-state index in [9.17, 15) is 0 Å². The number of anilines is 1. The second-order valence-corrected chi connectivity index (χ2v) is 6.64. The molecule has 1 aromatic heterocycles. The molecule has 0 unspecified atom stereocenters. The van der Waals surface area contributed by atoms with E-state index in [1.165, 1.54) is 5.56 Å². The number of ether oxygens (including phenoxy) is 1. The molecule has 0 atom stereocenters. The first-order valence-electron chi connectivity index (χ1n) is 9.24. The normalized spacial score (nSPS) is 11.0. The molecule has 154 valence electrons. The zero-order valence-electron chi connectivity index (χ0n) is 17.3. The van der Waals surface area contributed by atoms with Gasteiger partial charge in [0, 0.05) is 45.2 Å². The summed E-state index contributed by atoms with van der Waals surface area (Å²) < 4.78 is 5.41. The highest BCUT2D eigenvalue weighted by molar-refractivity contribution is 14.0. The summed E-state index contributed by atoms with van der Waals surface area (Å²) >= 11 is 0. The molecular formula is C22H28IN5O. The van der Waals surface area contributed by atoms with E-state index in [4.69, 9.17) is 9.72 Å². The molecule has 6 nitrogen and oxygen atoms in total. The maximum atomic E-state index is 5.41. The van der Waals surface area contributed by atoms with Gasteiger partial charge in [0.15, 0.2) is 5.96 Å². The largest absolute Gasteiger partial charge is 0.496 e. The van der Waals surface area contributed by atoms with Crippen LogP contribution in [0.1, 0.15) is 11.1 Å². The summed E-state index contributed by atoms with van der Waals surface area (Å²) in [6, 6.07) is 18.3. The van der Waals surface area contributed by atoms with Crippen LogP contribution in [0.4, 0.5) is 5.82 Å². The number of pyridine rings is 1. The predicted molar refractivity (Wildman–Crippen MR) is 132 cm³/mol. The molecule has 0 bridgehead atoms. The Bertz CT molecular complexity index is 974. The standard InChI is InChI=1S/C22H27N5O.HI/c1-23-22(24-14-16-9-5-8-12-20(16)28-4)25-15-17-13-21(27(2)3)26-19-11-7-6-10-18(17)19;/h5-13H,14-15H2,1-4H3,(H2,23,24,25);1H. The molecule has 1 heterocycles. The van der Waals surface area contributed by atoms with Crippen LogP contribution in [-0.2, 0) is 13.1 Å². The molecule has 0 spiro atoms. The van der Waals surface area contributed by atoms with Crippen molar-refractivity contribution in [1.82, 2.24) is 15.6 Å². The maximum absolute atomic E-state index is 5.41. The van der Waals surface area contributed by atoms with E-state index in [1.54, 1.807) is 14.2 Å². The number of aliphatic imine (C=N–C) groups is 1. The minimum Gasteiger partial charge on any atom is -0.496 e. The van der Waals surface area contributed by atoms with E-state index < -0.39 is 0 Å². The first kappa shape index (κ1) is 22.7. The van der Waals surface area contributed by atoms with Crippen molar-refractivity contribution in [2.24, 2.45) is 4.99 Å². The van der Waals surface area contributed by atoms with Crippen molar-refractivity contribution < 1.29 is 4.74 Å². The third kappa shape index (κ3) is 5.72. The van der Waals surface area contributed by atoms with Crippen LogP contribution in [0, 0.1) is 0 Å². The molecule has 3 aromatic rings. The molecule has 0 radical (unpaired) electrons. The van der Waals surface area contributed by atoms with Gasteiger partial charge >= 0.3 is 0 Å². The summed E-state index contributed by atoms with van der Waals surface area (Å²) in [7, 11) is 7.46. The molecule has 0 fully saturated rings. The van der Waals surface area contributed by atoms with Gasteiger partial charge in [0.05, 0.1) is 12.6 Å². The van der Waals surface area contributed by atoms with Gasteiger partial charge in [0.25, 0.3) is 0 Å². The van der Waals surface area contributed by atoms with E-state index in [1.807, 2.05) is 61.5 Å². The average Bonchev–Trinajstić information content (AvgIpc) is 2.73. The van der Waals surface area contributed by atoms with Gasteiger partial charge in [-0.3, -0.25) is 4.99 Å². The number of halogens is 1. The van der Waals surface area contributed by atoms with E-state index in [0.29, 0.717) is 13.1 Å². The van der Waals surface area contributed by atoms with Crippen LogP contribution in [0.2, 0.25) is 0 Å². The van der Waals surface area contributed by atoms with Crippen LogP contribution in [0.25, 0.3) is 10.9 Å². The lowest BCUT2D eigenvalue weighted by molar-refractivity contribution is 0.409. The smallest absolute Gasteiger partial charge is 0.191 e. The lowest BCUT2D eigenvalue weighted by Gasteiger charge is -2.17. The van der Waals surface area contributed by atoms with Gasteiger partial charge in [0.2, 0.25) is 0 Å². The third-order valence-corrected chi connectivity index (χ3v) is 4.56. The van der Waals surface area contributed by atoms with Crippen LogP contribution in [0.5, 0.6) is 5.75 Å². The Balaban J connectivity index is 0.00000300. The summed E-state index contributed by atoms with van der Waals surface area (Å²) in [6.45, 7) is 1.28. The topological polar surface area (TPSA) is 61.8 Å². The number of guanidine groups is 1. The van der Waals surface area contributed by atoms with Crippen molar-refractivity contribution in [1.29, 1.82) is 0 Å². The maximum Gasteiger partial charge on any atom is 0.191 e. The van der Waals surface area contributed by atoms with Gasteiger partial charge in [0.1, 0.15) is 11.6 Å². The fraction of sp³-hybridized carbons (Fsp3) is 0.273. The third-order valence-electron chi connectivity index (χ3n) is 4.56. The van der Waals surface area contributed by atoms with Gasteiger partial charge < -0.3 is 20.3 Å². The quantitative estimate of drug-likeness (QED) is 0.303. The molecule has 0 aliphatic rings. The van der Waals surface area contributed by atoms with Crippen molar-refractivity contribution in [3.05, 3.63) is 65.7 Å². The second-order valence-electron chi connectivity index (χ2n) is 6.64. The molecule has 0 aliphatic heterocycles. The fourth-order valence-corrected chi connectivity index (χ4v) is 3.03. The molecular weight excluding hydrogens is 477 g/mol. The first-order chi connectivity index (χ1) is 13.6. The minimum absolute atomic E-state index is 0. The van der Waals surface area contributed by atoms with E-state index in [-0.39, 0.29) is 24.0 Å². The van der Waals surface area contributed by atoms with E-state index in [2.05, 4.69) is 27.8 Å². The Morgan fingerprint density at radius 1 is 1.00 bits per heavy atom. The SMILES string of the molecule is CN=C(NCc1ccccc1OC)NCc1cc(N(C)C)nc2ccccc12.I. The zero-order valence-corrected chi connectivity index (χ0v) is 19.6. The molecule has 29 heavy (non-hydrogen) atoms. The number of fused-ring (bicyclic) bond motifs is 1. The van der Waals surface area contributed by atoms with Gasteiger partial charge in [-0.25, -0.2) is 4.98 Å². The number of para-hydroxylation sites is 2. The van der Waals surface area contributed by atoms with Gasteiger partial charge in [-0.15, -0.1) is 24.0 Å². The summed E-state index contributed by atoms with van der Waals surface area (Å²) in [4.78, 5) is 11.1. The summed E-state index contributed by atoms with van der Waals surface area (Å²) in [6.07, 6.45) is 0. The number of aromatic nitrogens is 1. The molecule has 2 aromatic carbocycles. The van der Waals surface area contributed by atoms with Crippen LogP contribution in [-0.4, -0.2) is 39.2 Å². The number of methoxy groups -OCH3 is 1. The average molecular weight is 505 g/mol. The van der Waals surface area contributed by atoms with Crippen molar-refractivity contribution in [3.63, 3.8) is 0 Å². The number of nitrogens with one attached hydrogen (secondary N) is 2. The van der Waals surface area contributed by atoms with Gasteiger partial charge in [-0.05, 0) is 23.8 Å². The molecule has 0 amide bonds. The number of rotatable bonds is 6. The highest BCUT2D eigenvalue weighted by Gasteiger charge is 2.08. The molecule has 2 N–H and O–H groups in total. The van der Waals surface area contributed by atoms with Gasteiger partial charge in [-0.1, -0.05) is 36.4 Å². The minimum atomic E-state index is 0. The Morgan fingerprint density at radius 2 is 1.66 bits per heavy atom. The predicted octanol–water partition coefficient (Wildman–Crippen LogP) is 3.79. The molecule has 0 saturated carbocycles. The fourth-order valence-electron chi connectivity index (χ4n) is 3.03. The molecule has 7 heteroatoms. The van der Waals surface area contributed by atoms with E-state index in [0.717, 1.165) is 34.0 Å². The highest BCUT2D eigenvalue weighted by Crippen LogP contribution is 2.22. The number of nitrogens with zero attached hydrogens (tertiary/aromatic N) is 3. The second kappa shape index (κ2) is 10.8. The Morgan fingerprint density at radius 3 is 2.34 bits per heavy atom. The van der Waals surface area contributed by atoms with Crippen LogP contribution >= 0.6 is 24.0 Å². The number of benzene rings is 2. The zero-order chi connectivity index (χ0) is 19.9. The lowest BCUT2D eigenvalue weighted by Crippen LogP contribution is -2.36. The van der Waals surface area contributed by atoms with Crippen molar-refractivity contribution in [3.8, 4) is 5.75 Å². The van der Waals surface area contributed by atoms with Crippen LogP contribution in [0.15, 0.2) is 59.6 Å². The van der Waals surface area contributed by atoms with Crippen LogP contribution in [0.3, 0.4) is 0 Å². The monoisotopic (exact) mass is 505 g/mol. The Labute approximate surface area is 189 Å². The van der Waals surface area contributed by atoms with Crippen molar-refractivity contribution >= 4 is 46.7 Å². The number of hydrogen-bond acceptors (Lipinski definition) is 4. The van der Waals surface area contributed by atoms with Crippen molar-refractivity contribution in [2.45, 2.75) is 13.1 Å². The molecule has 0 saturated heterocycles. The summed E-state index contributed by atoms with van der Waals surface area (Å²) in [5.41, 5.74) is 3.24. The molecule has 0 aliphatic carbocycles. The number of hydrogen-bond donors (Lipinski definition) is 2.